The van der Waals surface area contributed by atoms with Crippen molar-refractivity contribution >= 4 is 27.0 Å². The van der Waals surface area contributed by atoms with Crippen LogP contribution in [0.4, 0.5) is 0 Å². The molecule has 0 aliphatic heterocycles. The van der Waals surface area contributed by atoms with Gasteiger partial charge in [-0.3, -0.25) is 0 Å². The van der Waals surface area contributed by atoms with Gasteiger partial charge in [-0.2, -0.15) is 0 Å². The summed E-state index contributed by atoms with van der Waals surface area (Å²) in [5, 5.41) is 0. The van der Waals surface area contributed by atoms with Gasteiger partial charge in [0, 0.05) is 22.2 Å². The standard InChI is InChI=1S/C16H15BrN2O2/c1-9-4-10(6-11(17)5-9)16-18-12-7-14(20-2)15(21-3)8-13(12)19-16/h4-8H,1-3H3,(H,18,19). The summed E-state index contributed by atoms with van der Waals surface area (Å²) in [6.45, 7) is 2.06. The van der Waals surface area contributed by atoms with E-state index in [1.54, 1.807) is 14.2 Å². The fraction of sp³-hybridized carbons (Fsp3) is 0.188. The summed E-state index contributed by atoms with van der Waals surface area (Å²) in [6.07, 6.45) is 0. The van der Waals surface area contributed by atoms with Gasteiger partial charge in [-0.1, -0.05) is 15.9 Å². The van der Waals surface area contributed by atoms with Gasteiger partial charge in [0.1, 0.15) is 5.82 Å². The number of nitrogens with one attached hydrogen (secondary N) is 1. The molecule has 108 valence electrons. The van der Waals surface area contributed by atoms with Gasteiger partial charge >= 0.3 is 0 Å². The third-order valence-electron chi connectivity index (χ3n) is 3.30. The Balaban J connectivity index is 2.16. The number of hydrogen-bond donors (Lipinski definition) is 1. The number of imidazole rings is 1. The largest absolute Gasteiger partial charge is 0.493 e. The van der Waals surface area contributed by atoms with E-state index in [9.17, 15) is 0 Å². The topological polar surface area (TPSA) is 47.1 Å². The Morgan fingerprint density at radius 2 is 1.71 bits per heavy atom. The fourth-order valence-corrected chi connectivity index (χ4v) is 2.95. The molecular formula is C16H15BrN2O2. The minimum atomic E-state index is 0.675. The van der Waals surface area contributed by atoms with E-state index in [4.69, 9.17) is 9.47 Å². The molecule has 2 aromatic carbocycles. The number of methoxy groups -OCH3 is 2. The second-order valence-corrected chi connectivity index (χ2v) is 5.74. The van der Waals surface area contributed by atoms with E-state index in [0.717, 1.165) is 26.9 Å². The smallest absolute Gasteiger partial charge is 0.163 e. The van der Waals surface area contributed by atoms with Crippen LogP contribution in [-0.4, -0.2) is 24.2 Å². The molecule has 0 amide bonds. The van der Waals surface area contributed by atoms with Crippen molar-refractivity contribution in [2.24, 2.45) is 0 Å². The van der Waals surface area contributed by atoms with Crippen LogP contribution in [-0.2, 0) is 0 Å². The Kier molecular flexibility index (Phi) is 3.59. The quantitative estimate of drug-likeness (QED) is 0.768. The van der Waals surface area contributed by atoms with Gasteiger partial charge in [0.15, 0.2) is 11.5 Å². The molecule has 0 aliphatic carbocycles. The number of benzene rings is 2. The minimum Gasteiger partial charge on any atom is -0.493 e. The monoisotopic (exact) mass is 346 g/mol. The van der Waals surface area contributed by atoms with Gasteiger partial charge in [0.2, 0.25) is 0 Å². The molecule has 5 heteroatoms. The van der Waals surface area contributed by atoms with Crippen LogP contribution >= 0.6 is 15.9 Å². The van der Waals surface area contributed by atoms with Gasteiger partial charge in [-0.15, -0.1) is 0 Å². The Morgan fingerprint density at radius 1 is 1.00 bits per heavy atom. The highest BCUT2D eigenvalue weighted by Gasteiger charge is 2.11. The Labute approximate surface area is 131 Å². The normalized spacial score (nSPS) is 10.9. The van der Waals surface area contributed by atoms with E-state index in [-0.39, 0.29) is 0 Å². The zero-order valence-corrected chi connectivity index (χ0v) is 13.6. The lowest BCUT2D eigenvalue weighted by Gasteiger charge is -2.06. The predicted octanol–water partition coefficient (Wildman–Crippen LogP) is 4.32. The molecule has 1 N–H and O–H groups in total. The summed E-state index contributed by atoms with van der Waals surface area (Å²) in [4.78, 5) is 7.96. The van der Waals surface area contributed by atoms with E-state index in [2.05, 4.69) is 45.0 Å². The fourth-order valence-electron chi connectivity index (χ4n) is 2.35. The number of rotatable bonds is 3. The first-order chi connectivity index (χ1) is 10.1. The number of aromatic amines is 1. The van der Waals surface area contributed by atoms with Crippen molar-refractivity contribution in [1.82, 2.24) is 9.97 Å². The maximum absolute atomic E-state index is 5.32. The second-order valence-electron chi connectivity index (χ2n) is 4.83. The highest BCUT2D eigenvalue weighted by molar-refractivity contribution is 9.10. The highest BCUT2D eigenvalue weighted by Crippen LogP contribution is 2.33. The van der Waals surface area contributed by atoms with Crippen molar-refractivity contribution in [2.75, 3.05) is 14.2 Å². The molecule has 3 aromatic rings. The van der Waals surface area contributed by atoms with Crippen molar-refractivity contribution in [3.8, 4) is 22.9 Å². The van der Waals surface area contributed by atoms with Gasteiger partial charge in [0.25, 0.3) is 0 Å². The van der Waals surface area contributed by atoms with E-state index >= 15 is 0 Å². The van der Waals surface area contributed by atoms with Crippen LogP contribution in [0, 0.1) is 6.92 Å². The highest BCUT2D eigenvalue weighted by atomic mass is 79.9. The number of aromatic nitrogens is 2. The first-order valence-electron chi connectivity index (χ1n) is 6.50. The van der Waals surface area contributed by atoms with Gasteiger partial charge in [-0.25, -0.2) is 4.98 Å². The summed E-state index contributed by atoms with van der Waals surface area (Å²) >= 11 is 3.52. The first-order valence-corrected chi connectivity index (χ1v) is 7.29. The number of halogens is 1. The lowest BCUT2D eigenvalue weighted by molar-refractivity contribution is 0.356. The number of fused-ring (bicyclic) bond motifs is 1. The van der Waals surface area contributed by atoms with Crippen LogP contribution in [0.25, 0.3) is 22.4 Å². The summed E-state index contributed by atoms with van der Waals surface area (Å²) in [5.41, 5.74) is 3.98. The van der Waals surface area contributed by atoms with Crippen LogP contribution in [0.1, 0.15) is 5.56 Å². The van der Waals surface area contributed by atoms with Crippen LogP contribution in [0.15, 0.2) is 34.8 Å². The molecule has 0 aliphatic rings. The third-order valence-corrected chi connectivity index (χ3v) is 3.76. The molecule has 0 spiro atoms. The first kappa shape index (κ1) is 13.9. The van der Waals surface area contributed by atoms with Crippen LogP contribution in [0.2, 0.25) is 0 Å². The molecule has 21 heavy (non-hydrogen) atoms. The maximum atomic E-state index is 5.32. The van der Waals surface area contributed by atoms with Crippen molar-refractivity contribution in [3.05, 3.63) is 40.4 Å². The molecule has 3 rings (SSSR count). The van der Waals surface area contributed by atoms with Crippen LogP contribution in [0.3, 0.4) is 0 Å². The Bertz CT molecular complexity index is 750. The van der Waals surface area contributed by atoms with Crippen molar-refractivity contribution in [1.29, 1.82) is 0 Å². The van der Waals surface area contributed by atoms with Gasteiger partial charge in [-0.05, 0) is 30.7 Å². The summed E-state index contributed by atoms with van der Waals surface area (Å²) in [7, 11) is 3.24. The van der Waals surface area contributed by atoms with Crippen molar-refractivity contribution < 1.29 is 9.47 Å². The minimum absolute atomic E-state index is 0.675. The molecule has 1 heterocycles. The van der Waals surface area contributed by atoms with Crippen LogP contribution < -0.4 is 9.47 Å². The number of hydrogen-bond acceptors (Lipinski definition) is 3. The molecule has 0 unspecified atom stereocenters. The molecule has 4 nitrogen and oxygen atoms in total. The van der Waals surface area contributed by atoms with Crippen molar-refractivity contribution in [3.63, 3.8) is 0 Å². The molecule has 1 aromatic heterocycles. The number of aryl methyl sites for hydroxylation is 1. The summed E-state index contributed by atoms with van der Waals surface area (Å²) in [5.74, 6) is 2.18. The average Bonchev–Trinajstić information content (AvgIpc) is 2.87. The van der Waals surface area contributed by atoms with E-state index in [0.29, 0.717) is 11.5 Å². The molecule has 0 saturated carbocycles. The molecule has 0 fully saturated rings. The van der Waals surface area contributed by atoms with E-state index < -0.39 is 0 Å². The Hall–Kier alpha value is -2.01. The van der Waals surface area contributed by atoms with E-state index in [1.807, 2.05) is 18.2 Å². The number of nitrogens with zero attached hydrogens (tertiary/aromatic N) is 1. The molecule has 0 saturated heterocycles. The molecular weight excluding hydrogens is 332 g/mol. The van der Waals surface area contributed by atoms with Crippen LogP contribution in [0.5, 0.6) is 11.5 Å². The third kappa shape index (κ3) is 2.61. The average molecular weight is 347 g/mol. The molecule has 0 atom stereocenters. The zero-order valence-electron chi connectivity index (χ0n) is 12.0. The Morgan fingerprint density at radius 3 is 2.38 bits per heavy atom. The van der Waals surface area contributed by atoms with E-state index in [1.165, 1.54) is 5.56 Å². The lowest BCUT2D eigenvalue weighted by Crippen LogP contribution is -1.89. The summed E-state index contributed by atoms with van der Waals surface area (Å²) in [6, 6.07) is 9.98. The number of ether oxygens (including phenoxy) is 2. The summed E-state index contributed by atoms with van der Waals surface area (Å²) < 4.78 is 11.7. The van der Waals surface area contributed by atoms with Gasteiger partial charge < -0.3 is 14.5 Å². The SMILES string of the molecule is COc1cc2nc(-c3cc(C)cc(Br)c3)[nH]c2cc1OC. The zero-order chi connectivity index (χ0) is 15.0. The number of H-pyrrole nitrogens is 1. The maximum Gasteiger partial charge on any atom is 0.163 e. The predicted molar refractivity (Wildman–Crippen MR) is 87.1 cm³/mol. The van der Waals surface area contributed by atoms with Crippen molar-refractivity contribution in [2.45, 2.75) is 6.92 Å². The molecule has 0 bridgehead atoms. The van der Waals surface area contributed by atoms with Gasteiger partial charge in [0.05, 0.1) is 25.3 Å². The second kappa shape index (κ2) is 5.41. The lowest BCUT2D eigenvalue weighted by atomic mass is 10.1. The molecule has 0 radical (unpaired) electrons.